The van der Waals surface area contributed by atoms with Gasteiger partial charge in [0.15, 0.2) is 0 Å². The molecule has 1 nitrogen and oxygen atoms in total. The van der Waals surface area contributed by atoms with Gasteiger partial charge in [0.05, 0.1) is 6.10 Å². The summed E-state index contributed by atoms with van der Waals surface area (Å²) in [6, 6.07) is 0. The number of rotatable bonds is 0. The number of fused-ring (bicyclic) bond motifs is 5. The molecule has 0 amide bonds. The van der Waals surface area contributed by atoms with Crippen LogP contribution in [-0.4, -0.2) is 11.2 Å². The van der Waals surface area contributed by atoms with Crippen LogP contribution in [0.5, 0.6) is 0 Å². The third-order valence-electron chi connectivity index (χ3n) is 8.38. The van der Waals surface area contributed by atoms with E-state index >= 15 is 0 Å². The Bertz CT molecular complexity index is 391. The molecule has 4 rings (SSSR count). The number of aliphatic hydroxyl groups is 1. The summed E-state index contributed by atoms with van der Waals surface area (Å²) >= 11 is 0. The lowest BCUT2D eigenvalue weighted by molar-refractivity contribution is -0.157. The van der Waals surface area contributed by atoms with Gasteiger partial charge in [0.2, 0.25) is 0 Å². The quantitative estimate of drug-likeness (QED) is 0.675. The highest BCUT2D eigenvalue weighted by Gasteiger charge is 2.59. The smallest absolute Gasteiger partial charge is 0.0577 e. The van der Waals surface area contributed by atoms with E-state index < -0.39 is 0 Å². The Labute approximate surface area is 124 Å². The van der Waals surface area contributed by atoms with Gasteiger partial charge in [-0.05, 0) is 79.4 Å². The minimum atomic E-state index is 0.0129. The van der Waals surface area contributed by atoms with Crippen molar-refractivity contribution in [2.45, 2.75) is 84.2 Å². The van der Waals surface area contributed by atoms with Crippen LogP contribution in [-0.2, 0) is 0 Å². The third kappa shape index (κ3) is 1.71. The topological polar surface area (TPSA) is 20.2 Å². The normalized spacial score (nSPS) is 58.6. The second-order valence-corrected chi connectivity index (χ2v) is 9.13. The van der Waals surface area contributed by atoms with Gasteiger partial charge in [-0.2, -0.15) is 0 Å². The first-order valence-corrected chi connectivity index (χ1v) is 9.23. The third-order valence-corrected chi connectivity index (χ3v) is 8.38. The summed E-state index contributed by atoms with van der Waals surface area (Å²) in [4.78, 5) is 0. The maximum atomic E-state index is 10.9. The second kappa shape index (κ2) is 4.48. The number of hydrogen-bond acceptors (Lipinski definition) is 1. The molecule has 0 radical (unpaired) electrons. The standard InChI is InChI=1S/C19H32O/c1-18-9-5-7-14(18)17-15(8-11-18)19(2)10-4-3-6-13(19)12-16(17)20/h13-17,20H,3-12H2,1-2H3/t13-,14?,15?,16?,17?,18?,19?/m1/s1. The minimum absolute atomic E-state index is 0.0129. The van der Waals surface area contributed by atoms with Crippen LogP contribution in [0.1, 0.15) is 78.1 Å². The zero-order valence-corrected chi connectivity index (χ0v) is 13.4. The van der Waals surface area contributed by atoms with Crippen LogP contribution in [0.15, 0.2) is 0 Å². The molecule has 20 heavy (non-hydrogen) atoms. The molecular weight excluding hydrogens is 244 g/mol. The summed E-state index contributed by atoms with van der Waals surface area (Å²) in [6.45, 7) is 5.13. The van der Waals surface area contributed by atoms with E-state index in [1.54, 1.807) is 0 Å². The van der Waals surface area contributed by atoms with E-state index in [0.717, 1.165) is 24.2 Å². The Morgan fingerprint density at radius 3 is 2.55 bits per heavy atom. The van der Waals surface area contributed by atoms with Crippen LogP contribution in [0.25, 0.3) is 0 Å². The fourth-order valence-electron chi connectivity index (χ4n) is 7.25. The number of aliphatic hydroxyl groups excluding tert-OH is 1. The van der Waals surface area contributed by atoms with Gasteiger partial charge in [0.25, 0.3) is 0 Å². The van der Waals surface area contributed by atoms with Crippen LogP contribution in [0.2, 0.25) is 0 Å². The molecule has 6 unspecified atom stereocenters. The van der Waals surface area contributed by atoms with E-state index in [1.807, 2.05) is 0 Å². The Kier molecular flexibility index (Phi) is 3.05. The predicted molar refractivity (Wildman–Crippen MR) is 82.4 cm³/mol. The van der Waals surface area contributed by atoms with Gasteiger partial charge >= 0.3 is 0 Å². The summed E-state index contributed by atoms with van der Waals surface area (Å²) in [6.07, 6.45) is 13.9. The first-order valence-electron chi connectivity index (χ1n) is 9.23. The highest BCUT2D eigenvalue weighted by Crippen LogP contribution is 2.66. The molecule has 4 aliphatic carbocycles. The lowest BCUT2D eigenvalue weighted by atomic mass is 9.45. The first kappa shape index (κ1) is 13.6. The molecule has 0 aromatic carbocycles. The van der Waals surface area contributed by atoms with E-state index in [9.17, 15) is 5.11 Å². The molecule has 7 atom stereocenters. The van der Waals surface area contributed by atoms with Crippen molar-refractivity contribution in [3.8, 4) is 0 Å². The molecule has 0 spiro atoms. The van der Waals surface area contributed by atoms with Crippen LogP contribution >= 0.6 is 0 Å². The van der Waals surface area contributed by atoms with Gasteiger partial charge in [-0.15, -0.1) is 0 Å². The fourth-order valence-corrected chi connectivity index (χ4v) is 7.25. The molecule has 0 aliphatic heterocycles. The molecule has 0 saturated heterocycles. The van der Waals surface area contributed by atoms with Crippen LogP contribution in [0.4, 0.5) is 0 Å². The van der Waals surface area contributed by atoms with Crippen molar-refractivity contribution in [2.24, 2.45) is 34.5 Å². The van der Waals surface area contributed by atoms with Crippen LogP contribution < -0.4 is 0 Å². The van der Waals surface area contributed by atoms with Crippen molar-refractivity contribution in [3.05, 3.63) is 0 Å². The fraction of sp³-hybridized carbons (Fsp3) is 1.00. The Hall–Kier alpha value is -0.0400. The molecule has 0 aromatic rings. The lowest BCUT2D eigenvalue weighted by Crippen LogP contribution is -2.56. The second-order valence-electron chi connectivity index (χ2n) is 9.13. The van der Waals surface area contributed by atoms with Crippen molar-refractivity contribution in [3.63, 3.8) is 0 Å². The summed E-state index contributed by atoms with van der Waals surface area (Å²) < 4.78 is 0. The molecule has 4 fully saturated rings. The maximum Gasteiger partial charge on any atom is 0.0577 e. The van der Waals surface area contributed by atoms with Crippen molar-refractivity contribution < 1.29 is 5.11 Å². The molecule has 114 valence electrons. The minimum Gasteiger partial charge on any atom is -0.393 e. The molecular formula is C19H32O. The van der Waals surface area contributed by atoms with Crippen molar-refractivity contribution in [1.82, 2.24) is 0 Å². The molecule has 4 aliphatic rings. The SMILES string of the molecule is CC12CCCC1C1C(O)C[C@H]3CCCCC3(C)C1CC2. The summed E-state index contributed by atoms with van der Waals surface area (Å²) in [5.74, 6) is 3.11. The number of hydrogen-bond donors (Lipinski definition) is 1. The van der Waals surface area contributed by atoms with Gasteiger partial charge in [-0.3, -0.25) is 0 Å². The predicted octanol–water partition coefficient (Wildman–Crippen LogP) is 4.78. The Morgan fingerprint density at radius 1 is 0.850 bits per heavy atom. The highest BCUT2D eigenvalue weighted by molar-refractivity contribution is 5.09. The monoisotopic (exact) mass is 276 g/mol. The highest BCUT2D eigenvalue weighted by atomic mass is 16.3. The Morgan fingerprint density at radius 2 is 1.70 bits per heavy atom. The summed E-state index contributed by atoms with van der Waals surface area (Å²) in [5, 5.41) is 10.9. The Balaban J connectivity index is 1.69. The maximum absolute atomic E-state index is 10.9. The van der Waals surface area contributed by atoms with Gasteiger partial charge in [-0.25, -0.2) is 0 Å². The van der Waals surface area contributed by atoms with Crippen molar-refractivity contribution in [2.75, 3.05) is 0 Å². The average molecular weight is 276 g/mol. The molecule has 0 bridgehead atoms. The lowest BCUT2D eigenvalue weighted by Gasteiger charge is -2.61. The van der Waals surface area contributed by atoms with E-state index in [0.29, 0.717) is 16.7 Å². The van der Waals surface area contributed by atoms with E-state index in [-0.39, 0.29) is 6.10 Å². The molecule has 0 aromatic heterocycles. The van der Waals surface area contributed by atoms with E-state index in [2.05, 4.69) is 13.8 Å². The molecule has 1 heteroatoms. The first-order chi connectivity index (χ1) is 9.55. The summed E-state index contributed by atoms with van der Waals surface area (Å²) in [5.41, 5.74) is 1.13. The largest absolute Gasteiger partial charge is 0.393 e. The van der Waals surface area contributed by atoms with Crippen molar-refractivity contribution in [1.29, 1.82) is 0 Å². The van der Waals surface area contributed by atoms with Crippen LogP contribution in [0, 0.1) is 34.5 Å². The zero-order chi connectivity index (χ0) is 14.0. The average Bonchev–Trinajstić information content (AvgIpc) is 2.81. The van der Waals surface area contributed by atoms with Crippen molar-refractivity contribution >= 4 is 0 Å². The van der Waals surface area contributed by atoms with Gasteiger partial charge < -0.3 is 5.11 Å². The molecule has 1 N–H and O–H groups in total. The van der Waals surface area contributed by atoms with Gasteiger partial charge in [-0.1, -0.05) is 33.1 Å². The molecule has 4 saturated carbocycles. The van der Waals surface area contributed by atoms with Crippen LogP contribution in [0.3, 0.4) is 0 Å². The molecule has 0 heterocycles. The van der Waals surface area contributed by atoms with Gasteiger partial charge in [0, 0.05) is 0 Å². The summed E-state index contributed by atoms with van der Waals surface area (Å²) in [7, 11) is 0. The van der Waals surface area contributed by atoms with E-state index in [4.69, 9.17) is 0 Å². The van der Waals surface area contributed by atoms with Gasteiger partial charge in [0.1, 0.15) is 0 Å². The van der Waals surface area contributed by atoms with E-state index in [1.165, 1.54) is 57.8 Å². The zero-order valence-electron chi connectivity index (χ0n) is 13.4.